The smallest absolute Gasteiger partial charge is 0.249 e. The van der Waals surface area contributed by atoms with Crippen molar-refractivity contribution in [2.45, 2.75) is 40.5 Å². The zero-order valence-corrected chi connectivity index (χ0v) is 13.1. The van der Waals surface area contributed by atoms with Crippen molar-refractivity contribution in [2.75, 3.05) is 5.32 Å². The Hall–Kier alpha value is -2.15. The highest BCUT2D eigenvalue weighted by atomic mass is 16.2. The molecule has 0 saturated heterocycles. The number of amides is 1. The first-order valence-electron chi connectivity index (χ1n) is 7.09. The van der Waals surface area contributed by atoms with Gasteiger partial charge >= 0.3 is 0 Å². The van der Waals surface area contributed by atoms with Gasteiger partial charge < -0.3 is 5.32 Å². The molecule has 1 N–H and O–H groups in total. The highest BCUT2D eigenvalue weighted by Gasteiger charge is 2.29. The van der Waals surface area contributed by atoms with Crippen LogP contribution in [0.1, 0.15) is 39.7 Å². The molecule has 4 heteroatoms. The van der Waals surface area contributed by atoms with Crippen LogP contribution in [-0.4, -0.2) is 11.7 Å². The van der Waals surface area contributed by atoms with Crippen molar-refractivity contribution in [1.29, 1.82) is 5.26 Å². The topological polar surface area (TPSA) is 70.0 Å². The third-order valence-corrected chi connectivity index (χ3v) is 3.05. The average Bonchev–Trinajstić information content (AvgIpc) is 2.38. The molecule has 1 aromatic carbocycles. The van der Waals surface area contributed by atoms with Gasteiger partial charge in [-0.3, -0.25) is 9.59 Å². The van der Waals surface area contributed by atoms with E-state index in [1.54, 1.807) is 18.2 Å². The Morgan fingerprint density at radius 2 is 1.81 bits per heavy atom. The Morgan fingerprint density at radius 3 is 2.24 bits per heavy atom. The number of anilines is 1. The molecular weight excluding hydrogens is 264 g/mol. The summed E-state index contributed by atoms with van der Waals surface area (Å²) in [5.74, 6) is -2.15. The SMILES string of the molecule is CCc1ccc(NC(=O)C(C#N)C(=O)CC(C)(C)C)cc1. The van der Waals surface area contributed by atoms with E-state index in [0.29, 0.717) is 5.69 Å². The molecule has 0 aliphatic carbocycles. The largest absolute Gasteiger partial charge is 0.325 e. The van der Waals surface area contributed by atoms with Crippen molar-refractivity contribution >= 4 is 17.4 Å². The van der Waals surface area contributed by atoms with E-state index in [4.69, 9.17) is 5.26 Å². The summed E-state index contributed by atoms with van der Waals surface area (Å²) in [4.78, 5) is 24.1. The first kappa shape index (κ1) is 16.9. The van der Waals surface area contributed by atoms with Crippen molar-refractivity contribution in [2.24, 2.45) is 11.3 Å². The molecule has 1 amide bonds. The average molecular weight is 286 g/mol. The summed E-state index contributed by atoms with van der Waals surface area (Å²) >= 11 is 0. The fourth-order valence-corrected chi connectivity index (χ4v) is 1.94. The maximum Gasteiger partial charge on any atom is 0.249 e. The third-order valence-electron chi connectivity index (χ3n) is 3.05. The van der Waals surface area contributed by atoms with Gasteiger partial charge in [-0.25, -0.2) is 0 Å². The molecule has 1 rings (SSSR count). The Balaban J connectivity index is 2.75. The quantitative estimate of drug-likeness (QED) is 0.844. The first-order chi connectivity index (χ1) is 9.76. The summed E-state index contributed by atoms with van der Waals surface area (Å²) in [6.45, 7) is 7.76. The number of nitrogens with zero attached hydrogens (tertiary/aromatic N) is 1. The number of carbonyl (C=O) groups is 2. The molecule has 21 heavy (non-hydrogen) atoms. The highest BCUT2D eigenvalue weighted by Crippen LogP contribution is 2.22. The molecule has 0 bridgehead atoms. The summed E-state index contributed by atoms with van der Waals surface area (Å²) in [6, 6.07) is 9.18. The lowest BCUT2D eigenvalue weighted by Gasteiger charge is -2.18. The van der Waals surface area contributed by atoms with Crippen molar-refractivity contribution in [3.63, 3.8) is 0 Å². The van der Waals surface area contributed by atoms with Crippen LogP contribution in [0.5, 0.6) is 0 Å². The molecule has 112 valence electrons. The molecule has 0 radical (unpaired) electrons. The molecule has 0 aliphatic heterocycles. The lowest BCUT2D eigenvalue weighted by molar-refractivity contribution is -0.129. The van der Waals surface area contributed by atoms with E-state index in [9.17, 15) is 9.59 Å². The minimum absolute atomic E-state index is 0.202. The fraction of sp³-hybridized carbons (Fsp3) is 0.471. The van der Waals surface area contributed by atoms with Gasteiger partial charge in [0.15, 0.2) is 11.7 Å². The van der Waals surface area contributed by atoms with Gasteiger partial charge in [-0.05, 0) is 29.5 Å². The molecule has 0 heterocycles. The molecule has 0 spiro atoms. The predicted octanol–water partition coefficient (Wildman–Crippen LogP) is 3.33. The van der Waals surface area contributed by atoms with Gasteiger partial charge in [-0.1, -0.05) is 39.8 Å². The second-order valence-corrected chi connectivity index (χ2v) is 6.31. The van der Waals surface area contributed by atoms with Gasteiger partial charge in [0.1, 0.15) is 0 Å². The number of benzene rings is 1. The lowest BCUT2D eigenvalue weighted by atomic mass is 9.86. The highest BCUT2D eigenvalue weighted by molar-refractivity contribution is 6.09. The Morgan fingerprint density at radius 1 is 1.24 bits per heavy atom. The van der Waals surface area contributed by atoms with Gasteiger partial charge in [-0.2, -0.15) is 5.26 Å². The zero-order chi connectivity index (χ0) is 16.0. The molecule has 0 aliphatic rings. The van der Waals surface area contributed by atoms with Crippen molar-refractivity contribution < 1.29 is 9.59 Å². The Kier molecular flexibility index (Phi) is 5.66. The summed E-state index contributed by atoms with van der Waals surface area (Å²) in [6.07, 6.45) is 1.12. The van der Waals surface area contributed by atoms with Crippen LogP contribution in [0.4, 0.5) is 5.69 Å². The van der Waals surface area contributed by atoms with Crippen LogP contribution < -0.4 is 5.32 Å². The fourth-order valence-electron chi connectivity index (χ4n) is 1.94. The molecule has 0 aromatic heterocycles. The number of nitrogens with one attached hydrogen (secondary N) is 1. The van der Waals surface area contributed by atoms with Crippen molar-refractivity contribution in [3.8, 4) is 6.07 Å². The summed E-state index contributed by atoms with van der Waals surface area (Å²) in [5.41, 5.74) is 1.52. The number of hydrogen-bond acceptors (Lipinski definition) is 3. The number of ketones is 1. The summed E-state index contributed by atoms with van der Waals surface area (Å²) in [7, 11) is 0. The molecule has 1 unspecified atom stereocenters. The van der Waals surface area contributed by atoms with Gasteiger partial charge in [0, 0.05) is 12.1 Å². The summed E-state index contributed by atoms with van der Waals surface area (Å²) < 4.78 is 0. The van der Waals surface area contributed by atoms with Crippen LogP contribution in [0.3, 0.4) is 0 Å². The van der Waals surface area contributed by atoms with Crippen LogP contribution in [-0.2, 0) is 16.0 Å². The molecule has 0 fully saturated rings. The number of aryl methyl sites for hydroxylation is 1. The number of hydrogen-bond donors (Lipinski definition) is 1. The van der Waals surface area contributed by atoms with E-state index in [1.807, 2.05) is 39.8 Å². The van der Waals surface area contributed by atoms with E-state index in [1.165, 1.54) is 0 Å². The van der Waals surface area contributed by atoms with Gasteiger partial charge in [0.2, 0.25) is 5.91 Å². The van der Waals surface area contributed by atoms with E-state index in [0.717, 1.165) is 12.0 Å². The lowest BCUT2D eigenvalue weighted by Crippen LogP contribution is -2.30. The Bertz CT molecular complexity index is 548. The molecule has 4 nitrogen and oxygen atoms in total. The van der Waals surface area contributed by atoms with Gasteiger partial charge in [0.05, 0.1) is 6.07 Å². The maximum atomic E-state index is 12.1. The first-order valence-corrected chi connectivity index (χ1v) is 7.09. The van der Waals surface area contributed by atoms with E-state index >= 15 is 0 Å². The van der Waals surface area contributed by atoms with Crippen LogP contribution in [0.2, 0.25) is 0 Å². The molecular formula is C17H22N2O2. The minimum Gasteiger partial charge on any atom is -0.325 e. The van der Waals surface area contributed by atoms with E-state index < -0.39 is 11.8 Å². The molecule has 1 atom stereocenters. The van der Waals surface area contributed by atoms with Crippen LogP contribution in [0.15, 0.2) is 24.3 Å². The summed E-state index contributed by atoms with van der Waals surface area (Å²) in [5, 5.41) is 11.7. The number of carbonyl (C=O) groups excluding carboxylic acids is 2. The normalized spacial score (nSPS) is 12.3. The van der Waals surface area contributed by atoms with E-state index in [-0.39, 0.29) is 17.6 Å². The maximum absolute atomic E-state index is 12.1. The molecule has 0 saturated carbocycles. The predicted molar refractivity (Wildman–Crippen MR) is 82.6 cm³/mol. The molecule has 1 aromatic rings. The Labute approximate surface area is 126 Å². The van der Waals surface area contributed by atoms with Crippen LogP contribution in [0.25, 0.3) is 0 Å². The standard InChI is InChI=1S/C17H22N2O2/c1-5-12-6-8-13(9-7-12)19-16(21)14(11-18)15(20)10-17(2,3)4/h6-9,14H,5,10H2,1-4H3,(H,19,21). The monoisotopic (exact) mass is 286 g/mol. The number of nitriles is 1. The minimum atomic E-state index is -1.25. The van der Waals surface area contributed by atoms with Crippen LogP contribution in [0, 0.1) is 22.7 Å². The van der Waals surface area contributed by atoms with Gasteiger partial charge in [-0.15, -0.1) is 0 Å². The van der Waals surface area contributed by atoms with Gasteiger partial charge in [0.25, 0.3) is 0 Å². The second-order valence-electron chi connectivity index (χ2n) is 6.31. The third kappa shape index (κ3) is 5.39. The second kappa shape index (κ2) is 7.03. The van der Waals surface area contributed by atoms with Crippen LogP contribution >= 0.6 is 0 Å². The van der Waals surface area contributed by atoms with E-state index in [2.05, 4.69) is 5.32 Å². The number of rotatable bonds is 5. The van der Waals surface area contributed by atoms with Crippen molar-refractivity contribution in [1.82, 2.24) is 0 Å². The van der Waals surface area contributed by atoms with Crippen molar-refractivity contribution in [3.05, 3.63) is 29.8 Å². The number of Topliss-reactive ketones (excluding diaryl/α,β-unsaturated/α-hetero) is 1. The zero-order valence-electron chi connectivity index (χ0n) is 13.1.